The summed E-state index contributed by atoms with van der Waals surface area (Å²) in [4.78, 5) is 36.7. The number of likely N-dealkylation sites (N-methyl/N-ethyl adjacent to an activating group) is 1. The van der Waals surface area contributed by atoms with Crippen LogP contribution < -0.4 is 9.30 Å². The molecule has 2 aromatic rings. The van der Waals surface area contributed by atoms with Gasteiger partial charge in [-0.1, -0.05) is 11.1 Å². The molecule has 1 aromatic heterocycles. The highest BCUT2D eigenvalue weighted by molar-refractivity contribution is 6.19. The number of fused-ring (bicyclic) bond motifs is 3. The number of amides is 3. The van der Waals surface area contributed by atoms with Crippen molar-refractivity contribution in [2.24, 2.45) is 4.99 Å². The molecule has 4 heterocycles. The fraction of sp³-hybridized carbons (Fsp3) is 0.500. The normalized spacial score (nSPS) is 20.5. The minimum Gasteiger partial charge on any atom is -0.493 e. The van der Waals surface area contributed by atoms with E-state index in [1.54, 1.807) is 14.2 Å². The Balaban J connectivity index is 1.54. The lowest BCUT2D eigenvalue weighted by molar-refractivity contribution is -0.682. The van der Waals surface area contributed by atoms with Gasteiger partial charge < -0.3 is 9.47 Å². The second kappa shape index (κ2) is 8.52. The number of amidine groups is 1. The molecule has 3 aliphatic heterocycles. The first-order chi connectivity index (χ1) is 16.3. The third kappa shape index (κ3) is 3.40. The fourth-order valence-electron chi connectivity index (χ4n) is 4.97. The van der Waals surface area contributed by atoms with Crippen LogP contribution in [0.15, 0.2) is 23.2 Å². The number of aromatic nitrogens is 2. The number of carbonyl (C=O) groups is 2. The Morgan fingerprint density at radius 3 is 2.59 bits per heavy atom. The average molecular weight is 468 g/mol. The van der Waals surface area contributed by atoms with Crippen molar-refractivity contribution < 1.29 is 23.6 Å². The molecular formula is C24H31N6O4+. The maximum Gasteiger partial charge on any atom is 0.407 e. The average Bonchev–Trinajstić information content (AvgIpc) is 3.33. The Bertz CT molecular complexity index is 1200. The standard InChI is InChI=1S/C24H31N6O4/c1-15-6-7-19(33-5)18(14-15)29-16(2)17(3)30-20-21(25-23(29)30)26(4)24(32)28(22(20)31)9-8-27-10-12-34-13-11-27/h6-7,14,20H,8-13H2,1-5H3/q+1. The second-order valence-electron chi connectivity index (χ2n) is 9.01. The van der Waals surface area contributed by atoms with Crippen molar-refractivity contribution in [3.05, 3.63) is 35.2 Å². The molecule has 1 atom stereocenters. The van der Waals surface area contributed by atoms with E-state index in [9.17, 15) is 9.59 Å². The quantitative estimate of drug-likeness (QED) is 0.623. The van der Waals surface area contributed by atoms with E-state index in [0.29, 0.717) is 43.8 Å². The first-order valence-electron chi connectivity index (χ1n) is 11.6. The van der Waals surface area contributed by atoms with Gasteiger partial charge in [0.2, 0.25) is 11.9 Å². The summed E-state index contributed by atoms with van der Waals surface area (Å²) < 4.78 is 15.0. The number of benzene rings is 1. The van der Waals surface area contributed by atoms with Crippen LogP contribution in [0.3, 0.4) is 0 Å². The summed E-state index contributed by atoms with van der Waals surface area (Å²) >= 11 is 0. The molecule has 0 aliphatic carbocycles. The highest BCUT2D eigenvalue weighted by Gasteiger charge is 2.54. The Morgan fingerprint density at radius 2 is 1.88 bits per heavy atom. The number of ether oxygens (including phenoxy) is 2. The largest absolute Gasteiger partial charge is 0.493 e. The number of hydrogen-bond acceptors (Lipinski definition) is 6. The van der Waals surface area contributed by atoms with Crippen LogP contribution in [-0.4, -0.2) is 90.6 Å². The van der Waals surface area contributed by atoms with Crippen LogP contribution in [0.4, 0.5) is 10.7 Å². The van der Waals surface area contributed by atoms with Crippen LogP contribution in [0, 0.1) is 20.8 Å². The number of morpholine rings is 1. The SMILES string of the molecule is COc1ccc(C)cc1-n1c(C)c(C)[n+]2c1N=C1C2C(=O)N(CCN2CCOCC2)C(=O)N1C. The summed E-state index contributed by atoms with van der Waals surface area (Å²) in [7, 11) is 3.33. The minimum absolute atomic E-state index is 0.240. The number of methoxy groups -OCH3 is 1. The molecular weight excluding hydrogens is 436 g/mol. The van der Waals surface area contributed by atoms with Gasteiger partial charge in [0.15, 0.2) is 5.75 Å². The number of rotatable bonds is 5. The van der Waals surface area contributed by atoms with Gasteiger partial charge in [0.05, 0.1) is 20.3 Å². The van der Waals surface area contributed by atoms with Crippen LogP contribution in [0.25, 0.3) is 5.69 Å². The zero-order chi connectivity index (χ0) is 24.1. The predicted molar refractivity (Wildman–Crippen MR) is 125 cm³/mol. The van der Waals surface area contributed by atoms with Crippen molar-refractivity contribution in [3.63, 3.8) is 0 Å². The minimum atomic E-state index is -0.668. The molecule has 2 fully saturated rings. The number of nitrogens with zero attached hydrogens (tertiary/aromatic N) is 6. The molecule has 0 bridgehead atoms. The molecule has 180 valence electrons. The Kier molecular flexibility index (Phi) is 5.65. The summed E-state index contributed by atoms with van der Waals surface area (Å²) in [5.74, 6) is 1.54. The number of imide groups is 1. The first-order valence-corrected chi connectivity index (χ1v) is 11.6. The van der Waals surface area contributed by atoms with E-state index >= 15 is 0 Å². The Morgan fingerprint density at radius 1 is 1.15 bits per heavy atom. The van der Waals surface area contributed by atoms with Gasteiger partial charge in [-0.3, -0.25) is 19.5 Å². The predicted octanol–water partition coefficient (Wildman–Crippen LogP) is 1.51. The van der Waals surface area contributed by atoms with Crippen LogP contribution in [-0.2, 0) is 9.53 Å². The topological polar surface area (TPSA) is 83.5 Å². The molecule has 3 amide bonds. The first kappa shape index (κ1) is 22.5. The number of urea groups is 1. The third-order valence-corrected chi connectivity index (χ3v) is 7.03. The lowest BCUT2D eigenvalue weighted by Gasteiger charge is -2.35. The molecule has 10 heteroatoms. The molecule has 0 N–H and O–H groups in total. The van der Waals surface area contributed by atoms with Crippen molar-refractivity contribution in [3.8, 4) is 11.4 Å². The third-order valence-electron chi connectivity index (χ3n) is 7.03. The molecule has 3 aliphatic rings. The summed E-state index contributed by atoms with van der Waals surface area (Å²) in [6.45, 7) is 9.95. The molecule has 34 heavy (non-hydrogen) atoms. The Hall–Kier alpha value is -3.24. The van der Waals surface area contributed by atoms with Crippen LogP contribution >= 0.6 is 0 Å². The number of aryl methyl sites for hydroxylation is 1. The molecule has 5 rings (SSSR count). The lowest BCUT2D eigenvalue weighted by Crippen LogP contribution is -2.64. The monoisotopic (exact) mass is 467 g/mol. The molecule has 10 nitrogen and oxygen atoms in total. The number of carbonyl (C=O) groups excluding carboxylic acids is 2. The highest BCUT2D eigenvalue weighted by atomic mass is 16.5. The van der Waals surface area contributed by atoms with Gasteiger partial charge in [0, 0.05) is 33.2 Å². The molecule has 0 radical (unpaired) electrons. The van der Waals surface area contributed by atoms with Gasteiger partial charge in [-0.2, -0.15) is 4.57 Å². The molecule has 2 saturated heterocycles. The van der Waals surface area contributed by atoms with Crippen molar-refractivity contribution >= 4 is 23.7 Å². The van der Waals surface area contributed by atoms with E-state index in [-0.39, 0.29) is 11.9 Å². The summed E-state index contributed by atoms with van der Waals surface area (Å²) in [6, 6.07) is 4.96. The lowest BCUT2D eigenvalue weighted by atomic mass is 10.1. The zero-order valence-electron chi connectivity index (χ0n) is 20.4. The van der Waals surface area contributed by atoms with Crippen molar-refractivity contribution in [1.82, 2.24) is 19.3 Å². The molecule has 1 unspecified atom stereocenters. The van der Waals surface area contributed by atoms with E-state index in [4.69, 9.17) is 14.5 Å². The zero-order valence-corrected chi connectivity index (χ0v) is 20.4. The smallest absolute Gasteiger partial charge is 0.407 e. The summed E-state index contributed by atoms with van der Waals surface area (Å²) in [5, 5.41) is 0. The highest BCUT2D eigenvalue weighted by Crippen LogP contribution is 2.36. The van der Waals surface area contributed by atoms with E-state index in [1.165, 1.54) is 9.80 Å². The van der Waals surface area contributed by atoms with Gasteiger partial charge in [-0.15, -0.1) is 0 Å². The van der Waals surface area contributed by atoms with Gasteiger partial charge in [0.25, 0.3) is 5.91 Å². The Labute approximate surface area is 199 Å². The van der Waals surface area contributed by atoms with E-state index in [0.717, 1.165) is 35.7 Å². The molecule has 0 spiro atoms. The van der Waals surface area contributed by atoms with Crippen molar-refractivity contribution in [2.45, 2.75) is 26.8 Å². The van der Waals surface area contributed by atoms with Gasteiger partial charge in [0.1, 0.15) is 17.1 Å². The van der Waals surface area contributed by atoms with E-state index in [2.05, 4.69) is 4.90 Å². The van der Waals surface area contributed by atoms with E-state index in [1.807, 2.05) is 48.1 Å². The van der Waals surface area contributed by atoms with Crippen LogP contribution in [0.5, 0.6) is 5.75 Å². The second-order valence-corrected chi connectivity index (χ2v) is 9.01. The van der Waals surface area contributed by atoms with E-state index < -0.39 is 6.04 Å². The molecule has 1 aromatic carbocycles. The van der Waals surface area contributed by atoms with Crippen LogP contribution in [0.1, 0.15) is 23.0 Å². The van der Waals surface area contributed by atoms with Gasteiger partial charge in [-0.05, 0) is 38.5 Å². The maximum absolute atomic E-state index is 13.7. The van der Waals surface area contributed by atoms with Gasteiger partial charge in [-0.25, -0.2) is 9.36 Å². The van der Waals surface area contributed by atoms with Gasteiger partial charge >= 0.3 is 12.0 Å². The maximum atomic E-state index is 13.7. The summed E-state index contributed by atoms with van der Waals surface area (Å²) in [6.07, 6.45) is 0. The molecule has 0 saturated carbocycles. The number of imidazole rings is 1. The fourth-order valence-corrected chi connectivity index (χ4v) is 4.97. The van der Waals surface area contributed by atoms with Crippen LogP contribution in [0.2, 0.25) is 0 Å². The summed E-state index contributed by atoms with van der Waals surface area (Å²) in [5.41, 5.74) is 3.83. The van der Waals surface area contributed by atoms with Crippen molar-refractivity contribution in [1.29, 1.82) is 0 Å². The number of hydrogen-bond donors (Lipinski definition) is 0. The number of aliphatic imine (C=N–C) groups is 1. The van der Waals surface area contributed by atoms with Crippen molar-refractivity contribution in [2.75, 3.05) is 53.6 Å².